The Balaban J connectivity index is 1.97. The average Bonchev–Trinajstić information content (AvgIpc) is 2.54. The van der Waals surface area contributed by atoms with Gasteiger partial charge in [-0.05, 0) is 24.2 Å². The van der Waals surface area contributed by atoms with E-state index in [0.29, 0.717) is 0 Å². The van der Waals surface area contributed by atoms with Crippen molar-refractivity contribution >= 4 is 18.1 Å². The minimum atomic E-state index is -0.352. The van der Waals surface area contributed by atoms with E-state index in [9.17, 15) is 9.59 Å². The maximum Gasteiger partial charge on any atom is 0.273 e. The van der Waals surface area contributed by atoms with Gasteiger partial charge in [0.15, 0.2) is 4.77 Å². The number of carbonyl (C=O) groups is 1. The number of amides is 1. The molecule has 1 heterocycles. The van der Waals surface area contributed by atoms with Gasteiger partial charge in [0.2, 0.25) is 5.91 Å². The number of carbonyl (C=O) groups excluding carboxylic acids is 1. The van der Waals surface area contributed by atoms with E-state index in [1.54, 1.807) is 0 Å². The molecule has 1 atom stereocenters. The number of H-pyrrole nitrogens is 2. The van der Waals surface area contributed by atoms with E-state index in [-0.39, 0.29) is 40.8 Å². The third kappa shape index (κ3) is 5.14. The second-order valence-electron chi connectivity index (χ2n) is 5.27. The summed E-state index contributed by atoms with van der Waals surface area (Å²) in [5.41, 5.74) is 1.01. The molecular weight excluding hydrogens is 312 g/mol. The minimum absolute atomic E-state index is 0.0125. The van der Waals surface area contributed by atoms with E-state index < -0.39 is 0 Å². The molecular formula is C16H20N4O2S. The third-order valence-corrected chi connectivity index (χ3v) is 3.68. The fourth-order valence-corrected chi connectivity index (χ4v) is 2.47. The lowest BCUT2D eigenvalue weighted by Crippen LogP contribution is -2.29. The number of nitrogens with zero attached hydrogens (tertiary/aromatic N) is 1. The normalized spacial score (nSPS) is 11.9. The molecule has 1 unspecified atom stereocenters. The zero-order chi connectivity index (χ0) is 16.7. The van der Waals surface area contributed by atoms with Crippen LogP contribution >= 0.6 is 12.2 Å². The van der Waals surface area contributed by atoms with Gasteiger partial charge in [0, 0.05) is 12.8 Å². The summed E-state index contributed by atoms with van der Waals surface area (Å²) < 4.78 is 0.176. The van der Waals surface area contributed by atoms with Crippen LogP contribution in [0.2, 0.25) is 0 Å². The fourth-order valence-electron chi connectivity index (χ4n) is 2.34. The van der Waals surface area contributed by atoms with Crippen molar-refractivity contribution in [3.63, 3.8) is 0 Å². The number of aromatic amines is 2. The van der Waals surface area contributed by atoms with Crippen LogP contribution in [0.25, 0.3) is 0 Å². The van der Waals surface area contributed by atoms with Gasteiger partial charge >= 0.3 is 0 Å². The molecule has 1 aromatic heterocycles. The highest BCUT2D eigenvalue weighted by molar-refractivity contribution is 7.71. The number of hydrogen-bond donors (Lipinski definition) is 3. The summed E-state index contributed by atoms with van der Waals surface area (Å²) in [7, 11) is 0. The predicted octanol–water partition coefficient (Wildman–Crippen LogP) is 2.42. The zero-order valence-electron chi connectivity index (χ0n) is 13.0. The van der Waals surface area contributed by atoms with Gasteiger partial charge in [-0.25, -0.2) is 0 Å². The number of nitrogens with one attached hydrogen (secondary N) is 3. The molecule has 7 heteroatoms. The number of rotatable bonds is 7. The highest BCUT2D eigenvalue weighted by Crippen LogP contribution is 2.18. The highest BCUT2D eigenvalue weighted by Gasteiger charge is 2.14. The Bertz CT molecular complexity index is 754. The fraction of sp³-hybridized carbons (Fsp3) is 0.375. The minimum Gasteiger partial charge on any atom is -0.349 e. The van der Waals surface area contributed by atoms with E-state index in [1.165, 1.54) is 0 Å². The van der Waals surface area contributed by atoms with Crippen molar-refractivity contribution < 1.29 is 4.79 Å². The van der Waals surface area contributed by atoms with Crippen molar-refractivity contribution in [2.75, 3.05) is 0 Å². The lowest BCUT2D eigenvalue weighted by molar-refractivity contribution is -0.121. The Morgan fingerprint density at radius 3 is 2.74 bits per heavy atom. The van der Waals surface area contributed by atoms with Crippen LogP contribution in [0.4, 0.5) is 0 Å². The summed E-state index contributed by atoms with van der Waals surface area (Å²) in [5.74, 6) is -0.101. The van der Waals surface area contributed by atoms with Crippen LogP contribution in [0, 0.1) is 4.77 Å². The first-order chi connectivity index (χ1) is 11.1. The van der Waals surface area contributed by atoms with Gasteiger partial charge in [-0.3, -0.25) is 19.7 Å². The smallest absolute Gasteiger partial charge is 0.273 e. The van der Waals surface area contributed by atoms with Gasteiger partial charge < -0.3 is 5.32 Å². The van der Waals surface area contributed by atoms with Gasteiger partial charge in [-0.1, -0.05) is 43.7 Å². The summed E-state index contributed by atoms with van der Waals surface area (Å²) in [6.07, 6.45) is 2.30. The van der Waals surface area contributed by atoms with Crippen LogP contribution in [-0.2, 0) is 11.2 Å². The maximum atomic E-state index is 12.2. The largest absolute Gasteiger partial charge is 0.349 e. The molecule has 0 aliphatic rings. The van der Waals surface area contributed by atoms with Crippen molar-refractivity contribution in [1.82, 2.24) is 20.5 Å². The first-order valence-electron chi connectivity index (χ1n) is 7.62. The molecule has 0 fully saturated rings. The van der Waals surface area contributed by atoms with Gasteiger partial charge in [0.25, 0.3) is 5.56 Å². The Morgan fingerprint density at radius 1 is 1.35 bits per heavy atom. The quantitative estimate of drug-likeness (QED) is 0.679. The summed E-state index contributed by atoms with van der Waals surface area (Å²) >= 11 is 4.78. The number of aryl methyl sites for hydroxylation is 1. The van der Waals surface area contributed by atoms with Crippen LogP contribution in [0.5, 0.6) is 0 Å². The molecule has 2 rings (SSSR count). The molecule has 3 N–H and O–H groups in total. The summed E-state index contributed by atoms with van der Waals surface area (Å²) in [4.78, 5) is 26.3. The molecule has 0 aliphatic carbocycles. The topological polar surface area (TPSA) is 90.6 Å². The summed E-state index contributed by atoms with van der Waals surface area (Å²) in [5, 5.41) is 9.42. The van der Waals surface area contributed by atoms with Crippen LogP contribution in [0.15, 0.2) is 35.1 Å². The summed E-state index contributed by atoms with van der Waals surface area (Å²) in [6, 6.07) is 9.86. The molecule has 0 saturated carbocycles. The number of benzene rings is 1. The molecule has 1 aromatic carbocycles. The van der Waals surface area contributed by atoms with Crippen LogP contribution < -0.4 is 10.9 Å². The van der Waals surface area contributed by atoms with Gasteiger partial charge in [-0.15, -0.1) is 0 Å². The van der Waals surface area contributed by atoms with Crippen molar-refractivity contribution in [1.29, 1.82) is 0 Å². The van der Waals surface area contributed by atoms with Crippen LogP contribution in [0.3, 0.4) is 0 Å². The van der Waals surface area contributed by atoms with Crippen LogP contribution in [0.1, 0.15) is 43.5 Å². The van der Waals surface area contributed by atoms with E-state index in [0.717, 1.165) is 18.4 Å². The predicted molar refractivity (Wildman–Crippen MR) is 90.6 cm³/mol. The van der Waals surface area contributed by atoms with Gasteiger partial charge in [-0.2, -0.15) is 5.10 Å². The summed E-state index contributed by atoms with van der Waals surface area (Å²) in [6.45, 7) is 2.08. The monoisotopic (exact) mass is 332 g/mol. The molecule has 0 aliphatic heterocycles. The molecule has 6 nitrogen and oxygen atoms in total. The van der Waals surface area contributed by atoms with Crippen molar-refractivity contribution in [3.8, 4) is 0 Å². The zero-order valence-corrected chi connectivity index (χ0v) is 13.8. The van der Waals surface area contributed by atoms with E-state index >= 15 is 0 Å². The van der Waals surface area contributed by atoms with E-state index in [4.69, 9.17) is 12.2 Å². The highest BCUT2D eigenvalue weighted by atomic mass is 32.1. The SMILES string of the molecule is CCCC(NC(=O)CCc1n[nH]c(=S)[nH]c1=O)c1ccccc1. The first-order valence-corrected chi connectivity index (χ1v) is 8.03. The molecule has 0 spiro atoms. The Kier molecular flexibility index (Phi) is 6.22. The first kappa shape index (κ1) is 17.1. The molecule has 122 valence electrons. The molecule has 0 bridgehead atoms. The van der Waals surface area contributed by atoms with E-state index in [1.807, 2.05) is 30.3 Å². The second-order valence-corrected chi connectivity index (χ2v) is 5.68. The Labute approximate surface area is 139 Å². The van der Waals surface area contributed by atoms with Gasteiger partial charge in [0.05, 0.1) is 6.04 Å². The lowest BCUT2D eigenvalue weighted by Gasteiger charge is -2.18. The Hall–Kier alpha value is -2.28. The molecule has 0 radical (unpaired) electrons. The average molecular weight is 332 g/mol. The van der Waals surface area contributed by atoms with Crippen molar-refractivity contribution in [3.05, 3.63) is 56.7 Å². The molecule has 1 amide bonds. The molecule has 23 heavy (non-hydrogen) atoms. The number of hydrogen-bond acceptors (Lipinski definition) is 4. The Morgan fingerprint density at radius 2 is 2.09 bits per heavy atom. The molecule has 2 aromatic rings. The van der Waals surface area contributed by atoms with Crippen molar-refractivity contribution in [2.24, 2.45) is 0 Å². The number of aromatic nitrogens is 3. The standard InChI is InChI=1S/C16H20N4O2S/c1-2-6-12(11-7-4-3-5-8-11)17-14(21)10-9-13-15(22)18-16(23)20-19-13/h3-5,7-8,12H,2,6,9-10H2,1H3,(H,17,21)(H2,18,20,22,23). The molecule has 0 saturated heterocycles. The lowest BCUT2D eigenvalue weighted by atomic mass is 10.0. The maximum absolute atomic E-state index is 12.2. The third-order valence-electron chi connectivity index (χ3n) is 3.48. The van der Waals surface area contributed by atoms with Crippen molar-refractivity contribution in [2.45, 2.75) is 38.6 Å². The van der Waals surface area contributed by atoms with Crippen LogP contribution in [-0.4, -0.2) is 21.1 Å². The van der Waals surface area contributed by atoms with Gasteiger partial charge in [0.1, 0.15) is 5.69 Å². The second kappa shape index (κ2) is 8.38. The van der Waals surface area contributed by atoms with E-state index in [2.05, 4.69) is 27.4 Å².